The van der Waals surface area contributed by atoms with Crippen molar-refractivity contribution in [1.29, 1.82) is 0 Å². The molecule has 2 N–H and O–H groups in total. The fraction of sp³-hybridized carbons (Fsp3) is 0.833. The van der Waals surface area contributed by atoms with Gasteiger partial charge in [-0.1, -0.05) is 13.8 Å². The molecule has 0 heterocycles. The minimum Gasteiger partial charge on any atom is -0.481 e. The van der Waals surface area contributed by atoms with Gasteiger partial charge >= 0.3 is 5.97 Å². The third kappa shape index (κ3) is 4.45. The molecule has 8 heteroatoms. The number of carboxylic acid groups (broad SMARTS) is 1. The summed E-state index contributed by atoms with van der Waals surface area (Å²) in [5, 5.41) is 11.5. The van der Waals surface area contributed by atoms with Gasteiger partial charge in [0.1, 0.15) is 5.75 Å². The Kier molecular flexibility index (Phi) is 5.94. The molecule has 116 valence electrons. The van der Waals surface area contributed by atoms with Gasteiger partial charge in [0.15, 0.2) is 0 Å². The van der Waals surface area contributed by atoms with Gasteiger partial charge in [-0.15, -0.1) is 0 Å². The minimum absolute atomic E-state index is 0.240. The van der Waals surface area contributed by atoms with Crippen molar-refractivity contribution in [2.24, 2.45) is 5.92 Å². The highest BCUT2D eigenvalue weighted by Crippen LogP contribution is 2.25. The molecule has 0 aromatic carbocycles. The van der Waals surface area contributed by atoms with Crippen LogP contribution in [0.3, 0.4) is 0 Å². The van der Waals surface area contributed by atoms with Gasteiger partial charge in [0.2, 0.25) is 15.9 Å². The van der Waals surface area contributed by atoms with Gasteiger partial charge in [-0.25, -0.2) is 12.7 Å². The molecule has 1 aliphatic carbocycles. The minimum atomic E-state index is -3.59. The molecule has 0 radical (unpaired) electrons. The van der Waals surface area contributed by atoms with Crippen LogP contribution < -0.4 is 5.32 Å². The number of nitrogens with zero attached hydrogens (tertiary/aromatic N) is 1. The number of nitrogens with one attached hydrogen (secondary N) is 1. The number of amides is 1. The Morgan fingerprint density at radius 1 is 1.25 bits per heavy atom. The Balaban J connectivity index is 2.51. The quantitative estimate of drug-likeness (QED) is 0.690. The van der Waals surface area contributed by atoms with Gasteiger partial charge in [-0.3, -0.25) is 9.59 Å². The highest BCUT2D eigenvalue weighted by atomic mass is 32.2. The molecule has 0 aliphatic heterocycles. The number of carbonyl (C=O) groups excluding carboxylic acids is 1. The Morgan fingerprint density at radius 2 is 1.85 bits per heavy atom. The van der Waals surface area contributed by atoms with Gasteiger partial charge in [-0.2, -0.15) is 0 Å². The summed E-state index contributed by atoms with van der Waals surface area (Å²) in [4.78, 5) is 22.6. The third-order valence-corrected chi connectivity index (χ3v) is 5.49. The van der Waals surface area contributed by atoms with Crippen molar-refractivity contribution >= 4 is 21.9 Å². The summed E-state index contributed by atoms with van der Waals surface area (Å²) >= 11 is 0. The Bertz CT molecular complexity index is 458. The van der Waals surface area contributed by atoms with Gasteiger partial charge in [-0.05, 0) is 19.3 Å². The Labute approximate surface area is 119 Å². The highest BCUT2D eigenvalue weighted by molar-refractivity contribution is 7.89. The van der Waals surface area contributed by atoms with E-state index in [4.69, 9.17) is 5.11 Å². The molecule has 1 saturated carbocycles. The molecule has 1 rings (SSSR count). The van der Waals surface area contributed by atoms with Gasteiger partial charge in [0.05, 0.1) is 5.92 Å². The molecule has 0 spiro atoms. The summed E-state index contributed by atoms with van der Waals surface area (Å²) in [5.41, 5.74) is 0. The van der Waals surface area contributed by atoms with Crippen molar-refractivity contribution in [3.8, 4) is 0 Å². The van der Waals surface area contributed by atoms with Gasteiger partial charge < -0.3 is 10.4 Å². The molecule has 1 aliphatic rings. The molecule has 7 nitrogen and oxygen atoms in total. The van der Waals surface area contributed by atoms with Crippen molar-refractivity contribution in [1.82, 2.24) is 9.62 Å². The molecule has 0 unspecified atom stereocenters. The van der Waals surface area contributed by atoms with Crippen LogP contribution in [0.4, 0.5) is 0 Å². The van der Waals surface area contributed by atoms with E-state index in [1.54, 1.807) is 13.8 Å². The van der Waals surface area contributed by atoms with Gasteiger partial charge in [0, 0.05) is 19.1 Å². The molecular weight excluding hydrogens is 284 g/mol. The number of hydrogen-bond acceptors (Lipinski definition) is 4. The molecule has 0 aromatic heterocycles. The maximum Gasteiger partial charge on any atom is 0.306 e. The van der Waals surface area contributed by atoms with Crippen LogP contribution >= 0.6 is 0 Å². The Morgan fingerprint density at radius 3 is 2.30 bits per heavy atom. The second-order valence-electron chi connectivity index (χ2n) is 4.95. The van der Waals surface area contributed by atoms with E-state index in [1.165, 1.54) is 4.31 Å². The van der Waals surface area contributed by atoms with Crippen LogP contribution in [-0.2, 0) is 19.6 Å². The first-order chi connectivity index (χ1) is 9.30. The normalized spacial score (nSPS) is 22.9. The number of carboxylic acids is 1. The van der Waals surface area contributed by atoms with Crippen LogP contribution in [0, 0.1) is 5.92 Å². The monoisotopic (exact) mass is 306 g/mol. The largest absolute Gasteiger partial charge is 0.481 e. The zero-order valence-corrected chi connectivity index (χ0v) is 12.6. The predicted octanol–water partition coefficient (Wildman–Crippen LogP) is 0.0275. The summed E-state index contributed by atoms with van der Waals surface area (Å²) in [6, 6.07) is -0.240. The standard InChI is InChI=1S/C12H22N2O5S/c1-3-14(4-2)20(18,19)8-11(15)13-10-6-5-9(7-10)12(16)17/h9-10H,3-8H2,1-2H3,(H,13,15)(H,16,17)/t9-,10+/m0/s1. The average Bonchev–Trinajstić information content (AvgIpc) is 2.77. The van der Waals surface area contributed by atoms with Crippen molar-refractivity contribution in [2.45, 2.75) is 39.2 Å². The highest BCUT2D eigenvalue weighted by Gasteiger charge is 2.31. The van der Waals surface area contributed by atoms with E-state index in [1.807, 2.05) is 0 Å². The van der Waals surface area contributed by atoms with Crippen molar-refractivity contribution in [3.05, 3.63) is 0 Å². The van der Waals surface area contributed by atoms with Crippen molar-refractivity contribution < 1.29 is 23.1 Å². The summed E-state index contributed by atoms with van der Waals surface area (Å²) < 4.78 is 25.1. The molecular formula is C12H22N2O5S. The molecule has 0 saturated heterocycles. The lowest BCUT2D eigenvalue weighted by Gasteiger charge is -2.19. The predicted molar refractivity (Wildman–Crippen MR) is 73.6 cm³/mol. The van der Waals surface area contributed by atoms with Crippen LogP contribution in [-0.4, -0.2) is 54.6 Å². The van der Waals surface area contributed by atoms with Crippen LogP contribution in [0.15, 0.2) is 0 Å². The van der Waals surface area contributed by atoms with E-state index in [2.05, 4.69) is 5.32 Å². The fourth-order valence-corrected chi connectivity index (χ4v) is 3.86. The van der Waals surface area contributed by atoms with Crippen molar-refractivity contribution in [2.75, 3.05) is 18.8 Å². The fourth-order valence-electron chi connectivity index (χ4n) is 2.48. The third-order valence-electron chi connectivity index (χ3n) is 3.56. The number of hydrogen-bond donors (Lipinski definition) is 2. The molecule has 2 atom stereocenters. The first kappa shape index (κ1) is 16.9. The lowest BCUT2D eigenvalue weighted by atomic mass is 10.1. The number of rotatable bonds is 7. The summed E-state index contributed by atoms with van der Waals surface area (Å²) in [6.45, 7) is 4.09. The van der Waals surface area contributed by atoms with E-state index in [0.29, 0.717) is 32.4 Å². The van der Waals surface area contributed by atoms with Gasteiger partial charge in [0.25, 0.3) is 0 Å². The topological polar surface area (TPSA) is 104 Å². The van der Waals surface area contributed by atoms with Crippen LogP contribution in [0.1, 0.15) is 33.1 Å². The lowest BCUT2D eigenvalue weighted by molar-refractivity contribution is -0.141. The Hall–Kier alpha value is -1.15. The molecule has 0 aromatic rings. The average molecular weight is 306 g/mol. The summed E-state index contributed by atoms with van der Waals surface area (Å²) in [6.07, 6.45) is 1.46. The first-order valence-electron chi connectivity index (χ1n) is 6.80. The molecule has 0 bridgehead atoms. The van der Waals surface area contributed by atoms with Crippen LogP contribution in [0.5, 0.6) is 0 Å². The molecule has 20 heavy (non-hydrogen) atoms. The van der Waals surface area contributed by atoms with E-state index in [0.717, 1.165) is 0 Å². The maximum atomic E-state index is 11.9. The molecule has 1 amide bonds. The van der Waals surface area contributed by atoms with E-state index < -0.39 is 33.6 Å². The smallest absolute Gasteiger partial charge is 0.306 e. The second kappa shape index (κ2) is 7.03. The number of sulfonamides is 1. The molecule has 1 fully saturated rings. The zero-order chi connectivity index (χ0) is 15.3. The maximum absolute atomic E-state index is 11.9. The zero-order valence-electron chi connectivity index (χ0n) is 11.8. The first-order valence-corrected chi connectivity index (χ1v) is 8.41. The SMILES string of the molecule is CCN(CC)S(=O)(=O)CC(=O)N[C@@H]1CC[C@H](C(=O)O)C1. The lowest BCUT2D eigenvalue weighted by Crippen LogP contribution is -2.42. The van der Waals surface area contributed by atoms with Crippen LogP contribution in [0.2, 0.25) is 0 Å². The summed E-state index contributed by atoms with van der Waals surface area (Å²) in [5.74, 6) is -2.45. The summed E-state index contributed by atoms with van der Waals surface area (Å²) in [7, 11) is -3.59. The number of carbonyl (C=O) groups is 2. The van der Waals surface area contributed by atoms with E-state index >= 15 is 0 Å². The van der Waals surface area contributed by atoms with E-state index in [-0.39, 0.29) is 6.04 Å². The van der Waals surface area contributed by atoms with Crippen molar-refractivity contribution in [3.63, 3.8) is 0 Å². The number of aliphatic carboxylic acids is 1. The van der Waals surface area contributed by atoms with Crippen LogP contribution in [0.25, 0.3) is 0 Å². The van der Waals surface area contributed by atoms with E-state index in [9.17, 15) is 18.0 Å². The second-order valence-corrected chi connectivity index (χ2v) is 6.92.